The Labute approximate surface area is 128 Å². The van der Waals surface area contributed by atoms with Crippen molar-refractivity contribution >= 4 is 17.6 Å². The van der Waals surface area contributed by atoms with Crippen molar-refractivity contribution in [2.75, 3.05) is 18.6 Å². The van der Waals surface area contributed by atoms with Crippen LogP contribution in [0.15, 0.2) is 30.3 Å². The van der Waals surface area contributed by atoms with Gasteiger partial charge < -0.3 is 14.7 Å². The standard InChI is InChI=1S/C17H19NO4/c1-18(12-5-3-2-4-6-12)15(20)16-7-11(10-22-14(19)9-16)17(21)8-13(16)17/h2-6,11,13,21H,7-10H2,1H3/t11?,13?,16-,17-/m1/s1. The van der Waals surface area contributed by atoms with Gasteiger partial charge in [-0.1, -0.05) is 18.2 Å². The summed E-state index contributed by atoms with van der Waals surface area (Å²) in [4.78, 5) is 26.7. The normalized spacial score (nSPS) is 38.7. The summed E-state index contributed by atoms with van der Waals surface area (Å²) >= 11 is 0. The first-order valence-electron chi connectivity index (χ1n) is 7.68. The highest BCUT2D eigenvalue weighted by molar-refractivity contribution is 6.00. The van der Waals surface area contributed by atoms with Crippen LogP contribution in [0.2, 0.25) is 0 Å². The molecule has 2 bridgehead atoms. The van der Waals surface area contributed by atoms with Crippen LogP contribution in [0.25, 0.3) is 0 Å². The minimum atomic E-state index is -0.812. The third kappa shape index (κ3) is 1.69. The molecule has 5 nitrogen and oxygen atoms in total. The van der Waals surface area contributed by atoms with Crippen LogP contribution in [0.3, 0.4) is 0 Å². The molecule has 3 fully saturated rings. The molecule has 5 heteroatoms. The number of carbonyl (C=O) groups is 2. The zero-order valence-corrected chi connectivity index (χ0v) is 12.5. The molecule has 2 aliphatic carbocycles. The Balaban J connectivity index is 1.70. The van der Waals surface area contributed by atoms with Crippen molar-refractivity contribution in [3.05, 3.63) is 30.3 Å². The third-order valence-corrected chi connectivity index (χ3v) is 5.74. The van der Waals surface area contributed by atoms with Crippen molar-refractivity contribution in [1.29, 1.82) is 0 Å². The lowest BCUT2D eigenvalue weighted by atomic mass is 9.76. The van der Waals surface area contributed by atoms with Crippen LogP contribution in [0, 0.1) is 17.3 Å². The lowest BCUT2D eigenvalue weighted by Gasteiger charge is -2.32. The molecule has 2 saturated carbocycles. The molecule has 1 saturated heterocycles. The summed E-state index contributed by atoms with van der Waals surface area (Å²) in [6.07, 6.45) is 1.21. The minimum Gasteiger partial charge on any atom is -0.465 e. The highest BCUT2D eigenvalue weighted by Gasteiger charge is 2.76. The number of anilines is 1. The molecular formula is C17H19NO4. The molecular weight excluding hydrogens is 282 g/mol. The van der Waals surface area contributed by atoms with Crippen molar-refractivity contribution in [3.63, 3.8) is 0 Å². The number of fused-ring (bicyclic) bond motifs is 5. The van der Waals surface area contributed by atoms with Crippen molar-refractivity contribution in [2.24, 2.45) is 17.3 Å². The molecule has 1 aliphatic heterocycles. The molecule has 1 heterocycles. The number of esters is 1. The van der Waals surface area contributed by atoms with Gasteiger partial charge in [-0.05, 0) is 25.0 Å². The molecule has 0 aromatic heterocycles. The summed E-state index contributed by atoms with van der Waals surface area (Å²) in [6.45, 7) is 0.232. The minimum absolute atomic E-state index is 0.0759. The maximum atomic E-state index is 13.2. The van der Waals surface area contributed by atoms with E-state index in [1.807, 2.05) is 30.3 Å². The summed E-state index contributed by atoms with van der Waals surface area (Å²) in [6, 6.07) is 9.39. The molecule has 116 valence electrons. The molecule has 4 atom stereocenters. The Morgan fingerprint density at radius 1 is 1.32 bits per heavy atom. The lowest BCUT2D eigenvalue weighted by molar-refractivity contribution is -0.150. The number of carbonyl (C=O) groups excluding carboxylic acids is 2. The second-order valence-electron chi connectivity index (χ2n) is 6.86. The van der Waals surface area contributed by atoms with Gasteiger partial charge in [0, 0.05) is 24.6 Å². The molecule has 4 rings (SSSR count). The van der Waals surface area contributed by atoms with E-state index in [2.05, 4.69) is 0 Å². The Hall–Kier alpha value is -1.88. The van der Waals surface area contributed by atoms with Gasteiger partial charge in [0.25, 0.3) is 0 Å². The summed E-state index contributed by atoms with van der Waals surface area (Å²) in [5, 5.41) is 10.7. The Kier molecular flexibility index (Phi) is 2.70. The van der Waals surface area contributed by atoms with Gasteiger partial charge >= 0.3 is 5.97 Å². The third-order valence-electron chi connectivity index (χ3n) is 5.74. The number of cyclic esters (lactones) is 1. The smallest absolute Gasteiger partial charge is 0.306 e. The molecule has 0 spiro atoms. The van der Waals surface area contributed by atoms with Crippen molar-refractivity contribution < 1.29 is 19.4 Å². The number of rotatable bonds is 2. The number of aliphatic hydroxyl groups is 1. The number of ether oxygens (including phenoxy) is 1. The number of amides is 1. The zero-order chi connectivity index (χ0) is 15.5. The van der Waals surface area contributed by atoms with Gasteiger partial charge in [0.15, 0.2) is 0 Å². The van der Waals surface area contributed by atoms with E-state index in [1.165, 1.54) is 0 Å². The monoisotopic (exact) mass is 301 g/mol. The number of hydrogen-bond acceptors (Lipinski definition) is 4. The van der Waals surface area contributed by atoms with Crippen molar-refractivity contribution in [1.82, 2.24) is 0 Å². The second kappa shape index (κ2) is 4.32. The van der Waals surface area contributed by atoms with E-state index in [4.69, 9.17) is 4.74 Å². The number of nitrogens with zero attached hydrogens (tertiary/aromatic N) is 1. The van der Waals surface area contributed by atoms with Crippen LogP contribution in [0.5, 0.6) is 0 Å². The molecule has 1 N–H and O–H groups in total. The van der Waals surface area contributed by atoms with Crippen LogP contribution in [0.1, 0.15) is 19.3 Å². The predicted molar refractivity (Wildman–Crippen MR) is 79.0 cm³/mol. The summed E-state index contributed by atoms with van der Waals surface area (Å²) in [5.41, 5.74) is -0.821. The molecule has 3 aliphatic rings. The fourth-order valence-corrected chi connectivity index (χ4v) is 4.47. The fraction of sp³-hybridized carbons (Fsp3) is 0.529. The number of benzene rings is 1. The topological polar surface area (TPSA) is 66.8 Å². The van der Waals surface area contributed by atoms with Crippen molar-refractivity contribution in [3.8, 4) is 0 Å². The maximum Gasteiger partial charge on any atom is 0.306 e. The average molecular weight is 301 g/mol. The van der Waals surface area contributed by atoms with Gasteiger partial charge in [-0.25, -0.2) is 0 Å². The lowest BCUT2D eigenvalue weighted by Crippen LogP contribution is -2.44. The van der Waals surface area contributed by atoms with Crippen LogP contribution in [-0.2, 0) is 14.3 Å². The van der Waals surface area contributed by atoms with Crippen LogP contribution in [0.4, 0.5) is 5.69 Å². The van der Waals surface area contributed by atoms with Crippen LogP contribution in [-0.4, -0.2) is 36.2 Å². The number of para-hydroxylation sites is 1. The first-order chi connectivity index (χ1) is 10.5. The molecule has 0 radical (unpaired) electrons. The van der Waals surface area contributed by atoms with E-state index in [9.17, 15) is 14.7 Å². The molecule has 1 amide bonds. The predicted octanol–water partition coefficient (Wildman–Crippen LogP) is 1.35. The van der Waals surface area contributed by atoms with Gasteiger partial charge in [-0.2, -0.15) is 0 Å². The fourth-order valence-electron chi connectivity index (χ4n) is 4.47. The van der Waals surface area contributed by atoms with Gasteiger partial charge in [0.05, 0.1) is 24.0 Å². The van der Waals surface area contributed by atoms with E-state index in [0.717, 1.165) is 5.69 Å². The first-order valence-corrected chi connectivity index (χ1v) is 7.68. The average Bonchev–Trinajstić information content (AvgIpc) is 3.20. The van der Waals surface area contributed by atoms with E-state index in [-0.39, 0.29) is 36.7 Å². The van der Waals surface area contributed by atoms with E-state index < -0.39 is 11.0 Å². The summed E-state index contributed by atoms with van der Waals surface area (Å²) in [7, 11) is 1.73. The van der Waals surface area contributed by atoms with Crippen LogP contribution < -0.4 is 4.90 Å². The van der Waals surface area contributed by atoms with Gasteiger partial charge in [0.2, 0.25) is 5.91 Å². The van der Waals surface area contributed by atoms with Gasteiger partial charge in [-0.15, -0.1) is 0 Å². The van der Waals surface area contributed by atoms with Gasteiger partial charge in [0.1, 0.15) is 0 Å². The highest BCUT2D eigenvalue weighted by atomic mass is 16.5. The van der Waals surface area contributed by atoms with Gasteiger partial charge in [-0.3, -0.25) is 9.59 Å². The van der Waals surface area contributed by atoms with Crippen molar-refractivity contribution in [2.45, 2.75) is 24.9 Å². The Morgan fingerprint density at radius 3 is 2.77 bits per heavy atom. The zero-order valence-electron chi connectivity index (χ0n) is 12.5. The maximum absolute atomic E-state index is 13.2. The highest BCUT2D eigenvalue weighted by Crippen LogP contribution is 2.70. The largest absolute Gasteiger partial charge is 0.465 e. The SMILES string of the molecule is CN(C(=O)[C@@]12CC(=O)OCC(C1)[C@]1(O)CC21)c1ccccc1. The molecule has 2 unspecified atom stereocenters. The van der Waals surface area contributed by atoms with E-state index in [0.29, 0.717) is 12.8 Å². The number of hydrogen-bond donors (Lipinski definition) is 1. The summed E-state index contributed by atoms with van der Waals surface area (Å²) in [5.74, 6) is -0.638. The molecule has 1 aromatic carbocycles. The first kappa shape index (κ1) is 13.8. The second-order valence-corrected chi connectivity index (χ2v) is 6.86. The Morgan fingerprint density at radius 2 is 2.05 bits per heavy atom. The summed E-state index contributed by atoms with van der Waals surface area (Å²) < 4.78 is 5.19. The molecule has 22 heavy (non-hydrogen) atoms. The Bertz CT molecular complexity index is 645. The van der Waals surface area contributed by atoms with E-state index >= 15 is 0 Å². The van der Waals surface area contributed by atoms with Crippen LogP contribution >= 0.6 is 0 Å². The quantitative estimate of drug-likeness (QED) is 0.838. The van der Waals surface area contributed by atoms with E-state index in [1.54, 1.807) is 11.9 Å². The molecule has 1 aromatic rings.